The van der Waals surface area contributed by atoms with E-state index in [1.165, 1.54) is 0 Å². The smallest absolute Gasteiger partial charge is 0.251 e. The summed E-state index contributed by atoms with van der Waals surface area (Å²) < 4.78 is 0. The number of rotatable bonds is 4. The van der Waals surface area contributed by atoms with Gasteiger partial charge in [0.1, 0.15) is 0 Å². The van der Waals surface area contributed by atoms with Crippen molar-refractivity contribution in [2.75, 3.05) is 19.6 Å². The van der Waals surface area contributed by atoms with Crippen LogP contribution in [0.1, 0.15) is 15.9 Å². The van der Waals surface area contributed by atoms with E-state index >= 15 is 0 Å². The molecule has 1 aliphatic rings. The lowest BCUT2D eigenvalue weighted by atomic mass is 10.0. The second kappa shape index (κ2) is 7.07. The van der Waals surface area contributed by atoms with Crippen LogP contribution in [0, 0.1) is 25.2 Å². The molecule has 1 heterocycles. The predicted octanol–water partition coefficient (Wildman–Crippen LogP) is 0.164. The fourth-order valence-electron chi connectivity index (χ4n) is 2.59. The van der Waals surface area contributed by atoms with Gasteiger partial charge in [0.2, 0.25) is 5.91 Å². The quantitative estimate of drug-likeness (QED) is 0.420. The van der Waals surface area contributed by atoms with Gasteiger partial charge in [-0.2, -0.15) is 0 Å². The van der Waals surface area contributed by atoms with Gasteiger partial charge in [0.05, 0.1) is 18.5 Å². The van der Waals surface area contributed by atoms with Crippen molar-refractivity contribution in [3.05, 3.63) is 35.4 Å². The molecule has 6 heteroatoms. The van der Waals surface area contributed by atoms with Crippen molar-refractivity contribution in [3.8, 4) is 12.3 Å². The van der Waals surface area contributed by atoms with Crippen molar-refractivity contribution in [3.63, 3.8) is 0 Å². The van der Waals surface area contributed by atoms with E-state index in [2.05, 4.69) is 11.2 Å². The van der Waals surface area contributed by atoms with E-state index in [-0.39, 0.29) is 5.91 Å². The number of nitrogens with one attached hydrogen (secondary N) is 2. The maximum atomic E-state index is 12.3. The molecule has 0 bridgehead atoms. The third-order valence-electron chi connectivity index (χ3n) is 3.79. The molecular formula is C16H19N3O3. The molecule has 2 rings (SSSR count). The van der Waals surface area contributed by atoms with Crippen LogP contribution in [0.3, 0.4) is 0 Å². The van der Waals surface area contributed by atoms with E-state index in [4.69, 9.17) is 11.6 Å². The average Bonchev–Trinajstić information content (AvgIpc) is 2.90. The molecule has 22 heavy (non-hydrogen) atoms. The Morgan fingerprint density at radius 2 is 2.05 bits per heavy atom. The minimum absolute atomic E-state index is 0.247. The molecule has 1 fully saturated rings. The fraction of sp³-hybridized carbons (Fsp3) is 0.375. The van der Waals surface area contributed by atoms with Crippen LogP contribution >= 0.6 is 0 Å². The summed E-state index contributed by atoms with van der Waals surface area (Å²) in [6.45, 7) is 3.21. The Kier molecular flexibility index (Phi) is 5.15. The SMILES string of the molecule is C#CCN1CC(NC(=O)c2ccc(C)cc2)C(C(=O)NO)C1. The number of benzene rings is 1. The van der Waals surface area contributed by atoms with Crippen molar-refractivity contribution in [2.24, 2.45) is 5.92 Å². The highest BCUT2D eigenvalue weighted by Gasteiger charge is 2.38. The predicted molar refractivity (Wildman–Crippen MR) is 81.1 cm³/mol. The molecule has 2 unspecified atom stereocenters. The number of nitrogens with zero attached hydrogens (tertiary/aromatic N) is 1. The van der Waals surface area contributed by atoms with Crippen molar-refractivity contribution in [2.45, 2.75) is 13.0 Å². The molecule has 6 nitrogen and oxygen atoms in total. The van der Waals surface area contributed by atoms with E-state index in [1.54, 1.807) is 17.6 Å². The van der Waals surface area contributed by atoms with Crippen LogP contribution in [0.15, 0.2) is 24.3 Å². The van der Waals surface area contributed by atoms with Gasteiger partial charge in [0, 0.05) is 18.7 Å². The maximum absolute atomic E-state index is 12.3. The largest absolute Gasteiger partial charge is 0.347 e. The monoisotopic (exact) mass is 301 g/mol. The maximum Gasteiger partial charge on any atom is 0.251 e. The normalized spacial score (nSPS) is 21.1. The molecule has 1 aromatic carbocycles. The number of terminal acetylenes is 1. The second-order valence-corrected chi connectivity index (χ2v) is 5.43. The number of carbonyl (C=O) groups is 2. The Morgan fingerprint density at radius 1 is 1.36 bits per heavy atom. The lowest BCUT2D eigenvalue weighted by molar-refractivity contribution is -0.133. The van der Waals surface area contributed by atoms with Gasteiger partial charge in [-0.15, -0.1) is 6.42 Å². The van der Waals surface area contributed by atoms with Crippen LogP contribution < -0.4 is 10.8 Å². The molecule has 1 saturated heterocycles. The molecule has 2 atom stereocenters. The Morgan fingerprint density at radius 3 is 2.64 bits per heavy atom. The molecule has 2 amide bonds. The van der Waals surface area contributed by atoms with Gasteiger partial charge in [-0.05, 0) is 19.1 Å². The van der Waals surface area contributed by atoms with Crippen LogP contribution in [0.4, 0.5) is 0 Å². The van der Waals surface area contributed by atoms with Crippen molar-refractivity contribution in [1.82, 2.24) is 15.7 Å². The number of hydroxylamine groups is 1. The number of likely N-dealkylation sites (tertiary alicyclic amines) is 1. The van der Waals surface area contributed by atoms with Gasteiger partial charge < -0.3 is 5.32 Å². The van der Waals surface area contributed by atoms with E-state index in [1.807, 2.05) is 24.0 Å². The van der Waals surface area contributed by atoms with Crippen molar-refractivity contribution >= 4 is 11.8 Å². The van der Waals surface area contributed by atoms with E-state index in [0.717, 1.165) is 5.56 Å². The highest BCUT2D eigenvalue weighted by Crippen LogP contribution is 2.17. The zero-order valence-electron chi connectivity index (χ0n) is 12.4. The minimum atomic E-state index is -0.534. The Balaban J connectivity index is 2.08. The van der Waals surface area contributed by atoms with Crippen LogP contribution in [-0.4, -0.2) is 47.6 Å². The minimum Gasteiger partial charge on any atom is -0.347 e. The summed E-state index contributed by atoms with van der Waals surface area (Å²) in [5, 5.41) is 11.7. The summed E-state index contributed by atoms with van der Waals surface area (Å²) in [6, 6.07) is 6.78. The number of hydrogen-bond acceptors (Lipinski definition) is 4. The van der Waals surface area contributed by atoms with Gasteiger partial charge >= 0.3 is 0 Å². The van der Waals surface area contributed by atoms with E-state index < -0.39 is 17.9 Å². The van der Waals surface area contributed by atoms with E-state index in [9.17, 15) is 9.59 Å². The highest BCUT2D eigenvalue weighted by molar-refractivity contribution is 5.95. The summed E-state index contributed by atoms with van der Waals surface area (Å²) in [5.74, 6) is 1.22. The number of amides is 2. The third-order valence-corrected chi connectivity index (χ3v) is 3.79. The number of aryl methyl sites for hydroxylation is 1. The fourth-order valence-corrected chi connectivity index (χ4v) is 2.59. The standard InChI is InChI=1S/C16H19N3O3/c1-3-8-19-9-13(16(21)18-22)14(10-19)17-15(20)12-6-4-11(2)5-7-12/h1,4-7,13-14,22H,8-10H2,2H3,(H,17,20)(H,18,21). The zero-order valence-corrected chi connectivity index (χ0v) is 12.4. The second-order valence-electron chi connectivity index (χ2n) is 5.43. The summed E-state index contributed by atoms with van der Waals surface area (Å²) in [5.41, 5.74) is 3.25. The van der Waals surface area contributed by atoms with Crippen LogP contribution in [0.2, 0.25) is 0 Å². The van der Waals surface area contributed by atoms with Crippen molar-refractivity contribution in [1.29, 1.82) is 0 Å². The first kappa shape index (κ1) is 16.0. The molecule has 3 N–H and O–H groups in total. The van der Waals surface area contributed by atoms with Gasteiger partial charge in [0.25, 0.3) is 5.91 Å². The van der Waals surface area contributed by atoms with Crippen molar-refractivity contribution < 1.29 is 14.8 Å². The van der Waals surface area contributed by atoms with Crippen LogP contribution in [-0.2, 0) is 4.79 Å². The first-order valence-corrected chi connectivity index (χ1v) is 7.02. The third kappa shape index (κ3) is 3.64. The molecular weight excluding hydrogens is 282 g/mol. The summed E-state index contributed by atoms with van der Waals surface area (Å²) >= 11 is 0. The van der Waals surface area contributed by atoms with Gasteiger partial charge in [-0.25, -0.2) is 5.48 Å². The summed E-state index contributed by atoms with van der Waals surface area (Å²) in [7, 11) is 0. The average molecular weight is 301 g/mol. The zero-order chi connectivity index (χ0) is 16.1. The van der Waals surface area contributed by atoms with Gasteiger partial charge in [0.15, 0.2) is 0 Å². The number of carbonyl (C=O) groups excluding carboxylic acids is 2. The van der Waals surface area contributed by atoms with Gasteiger partial charge in [-0.1, -0.05) is 23.6 Å². The van der Waals surface area contributed by atoms with Crippen LogP contribution in [0.5, 0.6) is 0 Å². The Labute approximate surface area is 129 Å². The van der Waals surface area contributed by atoms with E-state index in [0.29, 0.717) is 25.2 Å². The molecule has 1 aromatic rings. The molecule has 0 aliphatic carbocycles. The first-order valence-electron chi connectivity index (χ1n) is 7.02. The lowest BCUT2D eigenvalue weighted by Gasteiger charge is -2.18. The molecule has 0 saturated carbocycles. The molecule has 1 aliphatic heterocycles. The summed E-state index contributed by atoms with van der Waals surface area (Å²) in [6.07, 6.45) is 5.29. The first-order chi connectivity index (χ1) is 10.5. The Bertz CT molecular complexity index is 592. The molecule has 0 spiro atoms. The molecule has 116 valence electrons. The lowest BCUT2D eigenvalue weighted by Crippen LogP contribution is -2.45. The number of hydrogen-bond donors (Lipinski definition) is 3. The summed E-state index contributed by atoms with van der Waals surface area (Å²) in [4.78, 5) is 25.9. The van der Waals surface area contributed by atoms with Crippen LogP contribution in [0.25, 0.3) is 0 Å². The molecule has 0 aromatic heterocycles. The topological polar surface area (TPSA) is 81.7 Å². The Hall–Kier alpha value is -2.36. The highest BCUT2D eigenvalue weighted by atomic mass is 16.5. The molecule has 0 radical (unpaired) electrons. The van der Waals surface area contributed by atoms with Gasteiger partial charge in [-0.3, -0.25) is 19.7 Å².